The number of hydrogen-bond acceptors (Lipinski definition) is 3. The summed E-state index contributed by atoms with van der Waals surface area (Å²) in [5.74, 6) is -0.734. The second kappa shape index (κ2) is 4.61. The maximum absolute atomic E-state index is 11.2. The molecule has 0 aromatic heterocycles. The molecule has 92 valence electrons. The molecule has 0 aliphatic carbocycles. The first kappa shape index (κ1) is 12.3. The summed E-state index contributed by atoms with van der Waals surface area (Å²) in [7, 11) is 1.98. The van der Waals surface area contributed by atoms with Crippen molar-refractivity contribution < 1.29 is 9.90 Å². The predicted octanol–water partition coefficient (Wildman–Crippen LogP) is 2.63. The van der Waals surface area contributed by atoms with Crippen molar-refractivity contribution in [3.8, 4) is 0 Å². The van der Waals surface area contributed by atoms with E-state index in [0.717, 1.165) is 11.3 Å². The zero-order valence-electron chi connectivity index (χ0n) is 10.3. The van der Waals surface area contributed by atoms with Crippen LogP contribution in [0.1, 0.15) is 19.4 Å². The number of carboxylic acid groups (broad SMARTS) is 1. The molecule has 0 radical (unpaired) electrons. The number of anilines is 1. The van der Waals surface area contributed by atoms with Gasteiger partial charge in [-0.05, 0) is 25.0 Å². The molecule has 1 aromatic rings. The Balaban J connectivity index is 2.48. The second-order valence-electron chi connectivity index (χ2n) is 4.35. The van der Waals surface area contributed by atoms with Gasteiger partial charge in [0.15, 0.2) is 0 Å². The summed E-state index contributed by atoms with van der Waals surface area (Å²) >= 11 is 1.47. The molecule has 1 aromatic carbocycles. The smallest absolute Gasteiger partial charge is 0.319 e. The number of nitrogens with zero attached hydrogens (tertiary/aromatic N) is 1. The van der Waals surface area contributed by atoms with E-state index in [1.165, 1.54) is 23.0 Å². The summed E-state index contributed by atoms with van der Waals surface area (Å²) in [4.78, 5) is 14.4. The lowest BCUT2D eigenvalue weighted by atomic mass is 10.1. The molecule has 0 fully saturated rings. The van der Waals surface area contributed by atoms with E-state index in [1.54, 1.807) is 0 Å². The number of carboxylic acids is 1. The third kappa shape index (κ3) is 2.02. The number of para-hydroxylation sites is 1. The van der Waals surface area contributed by atoms with Crippen LogP contribution in [0.4, 0.5) is 5.69 Å². The Bertz CT molecular complexity index is 447. The van der Waals surface area contributed by atoms with Crippen LogP contribution in [-0.4, -0.2) is 29.4 Å². The fourth-order valence-electron chi connectivity index (χ4n) is 2.25. The van der Waals surface area contributed by atoms with Gasteiger partial charge in [-0.25, -0.2) is 0 Å². The van der Waals surface area contributed by atoms with Crippen LogP contribution in [0, 0.1) is 0 Å². The molecular formula is C13H17NO2S. The zero-order chi connectivity index (χ0) is 12.6. The van der Waals surface area contributed by atoms with Crippen molar-refractivity contribution in [3.63, 3.8) is 0 Å². The molecule has 1 heterocycles. The summed E-state index contributed by atoms with van der Waals surface area (Å²) in [5.41, 5.74) is 2.48. The van der Waals surface area contributed by atoms with E-state index >= 15 is 0 Å². The zero-order valence-corrected chi connectivity index (χ0v) is 11.1. The van der Waals surface area contributed by atoms with E-state index in [0.29, 0.717) is 0 Å². The van der Waals surface area contributed by atoms with Crippen LogP contribution in [0.2, 0.25) is 0 Å². The monoisotopic (exact) mass is 251 g/mol. The van der Waals surface area contributed by atoms with Crippen LogP contribution < -0.4 is 4.90 Å². The Morgan fingerprint density at radius 1 is 1.53 bits per heavy atom. The molecule has 2 rings (SSSR count). The average Bonchev–Trinajstić information content (AvgIpc) is 2.32. The van der Waals surface area contributed by atoms with Crippen molar-refractivity contribution in [2.24, 2.45) is 0 Å². The standard InChI is InChI=1S/C13H17NO2S/c1-4-9-6-5-7-10-11(9)14(3)8(2)12(17-10)13(15)16/h5-8,12H,4H2,1-3H3,(H,15,16). The lowest BCUT2D eigenvalue weighted by molar-refractivity contribution is -0.136. The molecule has 0 saturated heterocycles. The summed E-state index contributed by atoms with van der Waals surface area (Å²) in [6, 6.07) is 6.15. The molecule has 1 aliphatic heterocycles. The molecule has 1 aliphatic rings. The Labute approximate surface area is 106 Å². The van der Waals surface area contributed by atoms with Gasteiger partial charge in [0.2, 0.25) is 0 Å². The third-order valence-electron chi connectivity index (χ3n) is 3.36. The van der Waals surface area contributed by atoms with E-state index < -0.39 is 5.97 Å². The van der Waals surface area contributed by atoms with Gasteiger partial charge >= 0.3 is 5.97 Å². The van der Waals surface area contributed by atoms with Gasteiger partial charge in [0.25, 0.3) is 0 Å². The van der Waals surface area contributed by atoms with Crippen LogP contribution in [0.3, 0.4) is 0 Å². The maximum atomic E-state index is 11.2. The number of rotatable bonds is 2. The molecule has 0 bridgehead atoms. The highest BCUT2D eigenvalue weighted by Crippen LogP contribution is 2.42. The van der Waals surface area contributed by atoms with E-state index in [1.807, 2.05) is 26.1 Å². The molecule has 2 atom stereocenters. The summed E-state index contributed by atoms with van der Waals surface area (Å²) in [6.07, 6.45) is 0.971. The van der Waals surface area contributed by atoms with Gasteiger partial charge in [-0.3, -0.25) is 4.79 Å². The fraction of sp³-hybridized carbons (Fsp3) is 0.462. The third-order valence-corrected chi connectivity index (χ3v) is 4.80. The van der Waals surface area contributed by atoms with E-state index in [4.69, 9.17) is 0 Å². The van der Waals surface area contributed by atoms with E-state index in [2.05, 4.69) is 17.9 Å². The second-order valence-corrected chi connectivity index (χ2v) is 5.53. The molecule has 0 spiro atoms. The minimum absolute atomic E-state index is 0.0118. The van der Waals surface area contributed by atoms with Gasteiger partial charge < -0.3 is 10.0 Å². The van der Waals surface area contributed by atoms with Gasteiger partial charge in [-0.2, -0.15) is 0 Å². The molecular weight excluding hydrogens is 234 g/mol. The van der Waals surface area contributed by atoms with Crippen molar-refractivity contribution in [2.45, 2.75) is 36.5 Å². The highest BCUT2D eigenvalue weighted by molar-refractivity contribution is 8.01. The van der Waals surface area contributed by atoms with Crippen molar-refractivity contribution >= 4 is 23.4 Å². The number of thioether (sulfide) groups is 1. The van der Waals surface area contributed by atoms with Crippen molar-refractivity contribution in [2.75, 3.05) is 11.9 Å². The largest absolute Gasteiger partial charge is 0.480 e. The van der Waals surface area contributed by atoms with Crippen LogP contribution in [-0.2, 0) is 11.2 Å². The first-order valence-corrected chi connectivity index (χ1v) is 6.68. The number of benzene rings is 1. The normalized spacial score (nSPS) is 23.4. The van der Waals surface area contributed by atoms with Crippen molar-refractivity contribution in [3.05, 3.63) is 23.8 Å². The Kier molecular flexibility index (Phi) is 3.33. The van der Waals surface area contributed by atoms with Crippen LogP contribution in [0.25, 0.3) is 0 Å². The Hall–Kier alpha value is -1.16. The molecule has 1 N–H and O–H groups in total. The molecule has 0 saturated carbocycles. The van der Waals surface area contributed by atoms with E-state index in [9.17, 15) is 9.90 Å². The molecule has 0 amide bonds. The van der Waals surface area contributed by atoms with Crippen LogP contribution in [0.15, 0.2) is 23.1 Å². The van der Waals surface area contributed by atoms with Gasteiger partial charge in [0.1, 0.15) is 5.25 Å². The number of carbonyl (C=O) groups is 1. The number of hydrogen-bond donors (Lipinski definition) is 1. The Morgan fingerprint density at radius 2 is 2.24 bits per heavy atom. The quantitative estimate of drug-likeness (QED) is 0.877. The first-order valence-electron chi connectivity index (χ1n) is 5.80. The average molecular weight is 251 g/mol. The summed E-state index contributed by atoms with van der Waals surface area (Å²) < 4.78 is 0. The minimum Gasteiger partial charge on any atom is -0.480 e. The van der Waals surface area contributed by atoms with Gasteiger partial charge in [0.05, 0.1) is 5.69 Å². The minimum atomic E-state index is -0.734. The topological polar surface area (TPSA) is 40.5 Å². The first-order chi connectivity index (χ1) is 8.06. The predicted molar refractivity (Wildman–Crippen MR) is 71.0 cm³/mol. The Morgan fingerprint density at radius 3 is 2.82 bits per heavy atom. The van der Waals surface area contributed by atoms with Crippen LogP contribution >= 0.6 is 11.8 Å². The number of fused-ring (bicyclic) bond motifs is 1. The number of aliphatic carboxylic acids is 1. The molecule has 17 heavy (non-hydrogen) atoms. The molecule has 2 unspecified atom stereocenters. The molecule has 4 heteroatoms. The lowest BCUT2D eigenvalue weighted by Crippen LogP contribution is -2.44. The van der Waals surface area contributed by atoms with Crippen LogP contribution in [0.5, 0.6) is 0 Å². The maximum Gasteiger partial charge on any atom is 0.319 e. The van der Waals surface area contributed by atoms with E-state index in [-0.39, 0.29) is 11.3 Å². The van der Waals surface area contributed by atoms with Crippen molar-refractivity contribution in [1.29, 1.82) is 0 Å². The lowest BCUT2D eigenvalue weighted by Gasteiger charge is -2.38. The molecule has 3 nitrogen and oxygen atoms in total. The highest BCUT2D eigenvalue weighted by Gasteiger charge is 2.35. The fourth-order valence-corrected chi connectivity index (χ4v) is 3.54. The van der Waals surface area contributed by atoms with Gasteiger partial charge in [-0.1, -0.05) is 19.1 Å². The van der Waals surface area contributed by atoms with Gasteiger partial charge in [0, 0.05) is 18.0 Å². The highest BCUT2D eigenvalue weighted by atomic mass is 32.2. The summed E-state index contributed by atoms with van der Waals surface area (Å²) in [5, 5.41) is 8.84. The van der Waals surface area contributed by atoms with Crippen molar-refractivity contribution in [1.82, 2.24) is 0 Å². The SMILES string of the molecule is CCc1cccc2c1N(C)C(C)C(C(=O)O)S2. The summed E-state index contributed by atoms with van der Waals surface area (Å²) in [6.45, 7) is 4.10. The van der Waals surface area contributed by atoms with Gasteiger partial charge in [-0.15, -0.1) is 11.8 Å². The number of aryl methyl sites for hydroxylation is 1.